The Labute approximate surface area is 95.8 Å². The summed E-state index contributed by atoms with van der Waals surface area (Å²) in [6.07, 6.45) is 8.15. The van der Waals surface area contributed by atoms with Gasteiger partial charge < -0.3 is 10.1 Å². The monoisotopic (exact) mass is 215 g/mol. The molecule has 0 aliphatic carbocycles. The summed E-state index contributed by atoms with van der Waals surface area (Å²) >= 11 is 0. The second kappa shape index (κ2) is 12.0. The van der Waals surface area contributed by atoms with Gasteiger partial charge in [-0.2, -0.15) is 0 Å². The SMILES string of the molecule is CCCCCCCOC(C)CCNCC. The highest BCUT2D eigenvalue weighted by atomic mass is 16.5. The third-order valence-electron chi connectivity index (χ3n) is 2.63. The van der Waals surface area contributed by atoms with Crippen molar-refractivity contribution in [2.75, 3.05) is 19.7 Å². The van der Waals surface area contributed by atoms with Crippen molar-refractivity contribution in [2.45, 2.75) is 65.4 Å². The number of hydrogen-bond acceptors (Lipinski definition) is 2. The van der Waals surface area contributed by atoms with Crippen LogP contribution < -0.4 is 5.32 Å². The second-order valence-corrected chi connectivity index (χ2v) is 4.24. The van der Waals surface area contributed by atoms with Gasteiger partial charge in [0, 0.05) is 6.61 Å². The fourth-order valence-electron chi connectivity index (χ4n) is 1.56. The molecule has 0 fully saturated rings. The zero-order valence-corrected chi connectivity index (χ0v) is 10.8. The molecule has 15 heavy (non-hydrogen) atoms. The highest BCUT2D eigenvalue weighted by Gasteiger charge is 2.00. The van der Waals surface area contributed by atoms with E-state index in [2.05, 4.69) is 26.1 Å². The smallest absolute Gasteiger partial charge is 0.0559 e. The molecule has 0 rings (SSSR count). The molecule has 0 aliphatic heterocycles. The van der Waals surface area contributed by atoms with Crippen LogP contribution in [-0.4, -0.2) is 25.8 Å². The van der Waals surface area contributed by atoms with Crippen LogP contribution in [-0.2, 0) is 4.74 Å². The summed E-state index contributed by atoms with van der Waals surface area (Å²) in [5.74, 6) is 0. The van der Waals surface area contributed by atoms with Crippen LogP contribution in [0.3, 0.4) is 0 Å². The Bertz CT molecular complexity index is 117. The first-order valence-electron chi connectivity index (χ1n) is 6.63. The Kier molecular flexibility index (Phi) is 11.9. The van der Waals surface area contributed by atoms with E-state index < -0.39 is 0 Å². The molecule has 0 aromatic heterocycles. The van der Waals surface area contributed by atoms with Gasteiger partial charge in [0.2, 0.25) is 0 Å². The van der Waals surface area contributed by atoms with Crippen molar-refractivity contribution in [2.24, 2.45) is 0 Å². The Morgan fingerprint density at radius 1 is 1.07 bits per heavy atom. The second-order valence-electron chi connectivity index (χ2n) is 4.24. The standard InChI is InChI=1S/C13H29NO/c1-4-6-7-8-9-12-15-13(3)10-11-14-5-2/h13-14H,4-12H2,1-3H3. The lowest BCUT2D eigenvalue weighted by Crippen LogP contribution is -2.20. The minimum Gasteiger partial charge on any atom is -0.378 e. The van der Waals surface area contributed by atoms with E-state index in [1.54, 1.807) is 0 Å². The van der Waals surface area contributed by atoms with Gasteiger partial charge in [0.1, 0.15) is 0 Å². The first kappa shape index (κ1) is 14.9. The fraction of sp³-hybridized carbons (Fsp3) is 1.00. The molecule has 0 amide bonds. The highest BCUT2D eigenvalue weighted by molar-refractivity contribution is 4.53. The summed E-state index contributed by atoms with van der Waals surface area (Å²) in [6, 6.07) is 0. The normalized spacial score (nSPS) is 13.0. The van der Waals surface area contributed by atoms with Crippen LogP contribution >= 0.6 is 0 Å². The van der Waals surface area contributed by atoms with Crippen LogP contribution in [0.1, 0.15) is 59.3 Å². The maximum Gasteiger partial charge on any atom is 0.0559 e. The quantitative estimate of drug-likeness (QED) is 0.534. The van der Waals surface area contributed by atoms with Gasteiger partial charge in [0.25, 0.3) is 0 Å². The van der Waals surface area contributed by atoms with E-state index in [9.17, 15) is 0 Å². The van der Waals surface area contributed by atoms with E-state index in [4.69, 9.17) is 4.74 Å². The van der Waals surface area contributed by atoms with Crippen LogP contribution in [0.15, 0.2) is 0 Å². The van der Waals surface area contributed by atoms with Crippen LogP contribution in [0.4, 0.5) is 0 Å². The van der Waals surface area contributed by atoms with Gasteiger partial charge >= 0.3 is 0 Å². The lowest BCUT2D eigenvalue weighted by molar-refractivity contribution is 0.0577. The van der Waals surface area contributed by atoms with E-state index in [1.807, 2.05) is 0 Å². The van der Waals surface area contributed by atoms with Crippen molar-refractivity contribution < 1.29 is 4.74 Å². The molecule has 0 bridgehead atoms. The van der Waals surface area contributed by atoms with E-state index in [1.165, 1.54) is 32.1 Å². The zero-order valence-electron chi connectivity index (χ0n) is 10.8. The number of ether oxygens (including phenoxy) is 1. The van der Waals surface area contributed by atoms with Crippen molar-refractivity contribution >= 4 is 0 Å². The molecule has 0 spiro atoms. The van der Waals surface area contributed by atoms with Gasteiger partial charge in [0.05, 0.1) is 6.10 Å². The molecule has 0 aromatic carbocycles. The Morgan fingerprint density at radius 2 is 1.80 bits per heavy atom. The summed E-state index contributed by atoms with van der Waals surface area (Å²) in [4.78, 5) is 0. The summed E-state index contributed by atoms with van der Waals surface area (Å²) in [5.41, 5.74) is 0. The molecule has 1 N–H and O–H groups in total. The van der Waals surface area contributed by atoms with Crippen molar-refractivity contribution in [3.63, 3.8) is 0 Å². The summed E-state index contributed by atoms with van der Waals surface area (Å²) in [7, 11) is 0. The molecule has 0 aliphatic rings. The first-order valence-corrected chi connectivity index (χ1v) is 6.63. The lowest BCUT2D eigenvalue weighted by atomic mass is 10.2. The Morgan fingerprint density at radius 3 is 2.47 bits per heavy atom. The molecule has 1 unspecified atom stereocenters. The van der Waals surface area contributed by atoms with Gasteiger partial charge in [-0.05, 0) is 32.9 Å². The van der Waals surface area contributed by atoms with Crippen molar-refractivity contribution in [3.8, 4) is 0 Å². The molecule has 0 heterocycles. The van der Waals surface area contributed by atoms with Gasteiger partial charge in [-0.3, -0.25) is 0 Å². The molecule has 2 heteroatoms. The van der Waals surface area contributed by atoms with Crippen molar-refractivity contribution in [1.82, 2.24) is 5.32 Å². The maximum atomic E-state index is 5.73. The minimum atomic E-state index is 0.412. The summed E-state index contributed by atoms with van der Waals surface area (Å²) in [5, 5.41) is 3.32. The van der Waals surface area contributed by atoms with Crippen LogP contribution in [0, 0.1) is 0 Å². The van der Waals surface area contributed by atoms with Gasteiger partial charge in [-0.1, -0.05) is 39.5 Å². The molecule has 92 valence electrons. The van der Waals surface area contributed by atoms with Crippen molar-refractivity contribution in [3.05, 3.63) is 0 Å². The van der Waals surface area contributed by atoms with Crippen LogP contribution in [0.5, 0.6) is 0 Å². The molecule has 0 saturated carbocycles. The molecule has 2 nitrogen and oxygen atoms in total. The average Bonchev–Trinajstić information content (AvgIpc) is 2.23. The van der Waals surface area contributed by atoms with Crippen LogP contribution in [0.2, 0.25) is 0 Å². The molecule has 0 radical (unpaired) electrons. The fourth-order valence-corrected chi connectivity index (χ4v) is 1.56. The van der Waals surface area contributed by atoms with E-state index in [0.717, 1.165) is 26.1 Å². The first-order chi connectivity index (χ1) is 7.31. The molecular weight excluding hydrogens is 186 g/mol. The molecular formula is C13H29NO. The number of rotatable bonds is 11. The summed E-state index contributed by atoms with van der Waals surface area (Å²) < 4.78 is 5.73. The molecule has 0 aromatic rings. The molecule has 0 saturated heterocycles. The topological polar surface area (TPSA) is 21.3 Å². The largest absolute Gasteiger partial charge is 0.378 e. The van der Waals surface area contributed by atoms with E-state index >= 15 is 0 Å². The van der Waals surface area contributed by atoms with Crippen molar-refractivity contribution in [1.29, 1.82) is 0 Å². The number of hydrogen-bond donors (Lipinski definition) is 1. The number of unbranched alkanes of at least 4 members (excludes halogenated alkanes) is 4. The van der Waals surface area contributed by atoms with Gasteiger partial charge in [0.15, 0.2) is 0 Å². The third-order valence-corrected chi connectivity index (χ3v) is 2.63. The average molecular weight is 215 g/mol. The van der Waals surface area contributed by atoms with Gasteiger partial charge in [-0.25, -0.2) is 0 Å². The highest BCUT2D eigenvalue weighted by Crippen LogP contribution is 2.04. The van der Waals surface area contributed by atoms with E-state index in [0.29, 0.717) is 6.10 Å². The Balaban J connectivity index is 3.06. The third kappa shape index (κ3) is 11.8. The van der Waals surface area contributed by atoms with Gasteiger partial charge in [-0.15, -0.1) is 0 Å². The zero-order chi connectivity index (χ0) is 11.4. The lowest BCUT2D eigenvalue weighted by Gasteiger charge is -2.12. The van der Waals surface area contributed by atoms with E-state index in [-0.39, 0.29) is 0 Å². The summed E-state index contributed by atoms with van der Waals surface area (Å²) in [6.45, 7) is 9.64. The Hall–Kier alpha value is -0.0800. The predicted molar refractivity (Wildman–Crippen MR) is 67.3 cm³/mol. The van der Waals surface area contributed by atoms with Crippen LogP contribution in [0.25, 0.3) is 0 Å². The molecule has 1 atom stereocenters. The minimum absolute atomic E-state index is 0.412. The maximum absolute atomic E-state index is 5.73. The number of nitrogens with one attached hydrogen (secondary N) is 1. The predicted octanol–water partition coefficient (Wildman–Crippen LogP) is 3.36.